The summed E-state index contributed by atoms with van der Waals surface area (Å²) in [4.78, 5) is 0. The summed E-state index contributed by atoms with van der Waals surface area (Å²) in [6, 6.07) is 0. The predicted octanol–water partition coefficient (Wildman–Crippen LogP) is 3.71. The highest BCUT2D eigenvalue weighted by molar-refractivity contribution is 4.76. The fourth-order valence-electron chi connectivity index (χ4n) is 2.10. The van der Waals surface area contributed by atoms with Crippen molar-refractivity contribution in [1.29, 1.82) is 0 Å². The molecule has 2 atom stereocenters. The normalized spacial score (nSPS) is 31.5. The number of hydrogen-bond acceptors (Lipinski definition) is 0. The highest BCUT2D eigenvalue weighted by Gasteiger charge is 2.29. The first kappa shape index (κ1) is 9.94. The molecule has 0 radical (unpaired) electrons. The van der Waals surface area contributed by atoms with E-state index in [9.17, 15) is 8.78 Å². The SMILES string of the molecule is CC(C)C1CCCC(C(F)F)C1. The van der Waals surface area contributed by atoms with Gasteiger partial charge in [-0.15, -0.1) is 0 Å². The zero-order chi connectivity index (χ0) is 9.14. The molecule has 1 saturated carbocycles. The van der Waals surface area contributed by atoms with Crippen LogP contribution in [-0.4, -0.2) is 6.43 Å². The molecule has 0 aromatic heterocycles. The van der Waals surface area contributed by atoms with Crippen molar-refractivity contribution < 1.29 is 8.78 Å². The topological polar surface area (TPSA) is 0 Å². The number of rotatable bonds is 2. The Kier molecular flexibility index (Phi) is 3.48. The van der Waals surface area contributed by atoms with Crippen LogP contribution < -0.4 is 0 Å². The highest BCUT2D eigenvalue weighted by Crippen LogP contribution is 2.36. The van der Waals surface area contributed by atoms with Crippen LogP contribution in [0.5, 0.6) is 0 Å². The van der Waals surface area contributed by atoms with Gasteiger partial charge in [0.25, 0.3) is 0 Å². The van der Waals surface area contributed by atoms with Crippen LogP contribution >= 0.6 is 0 Å². The fraction of sp³-hybridized carbons (Fsp3) is 1.00. The van der Waals surface area contributed by atoms with Crippen LogP contribution in [-0.2, 0) is 0 Å². The summed E-state index contributed by atoms with van der Waals surface area (Å²) in [6.07, 6.45) is 1.54. The first-order valence-corrected chi connectivity index (χ1v) is 4.89. The van der Waals surface area contributed by atoms with E-state index in [4.69, 9.17) is 0 Å². The van der Waals surface area contributed by atoms with Gasteiger partial charge in [0.1, 0.15) is 0 Å². The molecule has 0 bridgehead atoms. The van der Waals surface area contributed by atoms with Crippen LogP contribution in [0.15, 0.2) is 0 Å². The number of halogens is 2. The van der Waals surface area contributed by atoms with E-state index >= 15 is 0 Å². The molecule has 0 saturated heterocycles. The summed E-state index contributed by atoms with van der Waals surface area (Å²) >= 11 is 0. The number of hydrogen-bond donors (Lipinski definition) is 0. The van der Waals surface area contributed by atoms with Crippen molar-refractivity contribution >= 4 is 0 Å². The van der Waals surface area contributed by atoms with E-state index in [-0.39, 0.29) is 5.92 Å². The summed E-state index contributed by atoms with van der Waals surface area (Å²) in [5.74, 6) is 0.801. The summed E-state index contributed by atoms with van der Waals surface area (Å²) in [7, 11) is 0. The van der Waals surface area contributed by atoms with Gasteiger partial charge in [-0.2, -0.15) is 0 Å². The largest absolute Gasteiger partial charge is 0.241 e. The lowest BCUT2D eigenvalue weighted by Gasteiger charge is -2.30. The minimum absolute atomic E-state index is 0.314. The van der Waals surface area contributed by atoms with Gasteiger partial charge in [-0.25, -0.2) is 8.78 Å². The molecule has 0 amide bonds. The zero-order valence-electron chi connectivity index (χ0n) is 7.89. The Bertz CT molecular complexity index is 118. The third-order valence-corrected chi connectivity index (χ3v) is 3.05. The van der Waals surface area contributed by atoms with E-state index in [0.717, 1.165) is 25.7 Å². The van der Waals surface area contributed by atoms with Crippen LogP contribution in [0, 0.1) is 17.8 Å². The molecule has 0 aliphatic heterocycles. The molecule has 0 heterocycles. The standard InChI is InChI=1S/C10H18F2/c1-7(2)8-4-3-5-9(6-8)10(11)12/h7-10H,3-6H2,1-2H3. The molecule has 2 heteroatoms. The van der Waals surface area contributed by atoms with Gasteiger partial charge in [0.15, 0.2) is 0 Å². The molecule has 12 heavy (non-hydrogen) atoms. The molecular weight excluding hydrogens is 158 g/mol. The minimum atomic E-state index is -2.09. The maximum absolute atomic E-state index is 12.4. The average Bonchev–Trinajstić information content (AvgIpc) is 2.04. The van der Waals surface area contributed by atoms with Crippen molar-refractivity contribution in [3.63, 3.8) is 0 Å². The van der Waals surface area contributed by atoms with Gasteiger partial charge >= 0.3 is 0 Å². The third-order valence-electron chi connectivity index (χ3n) is 3.05. The van der Waals surface area contributed by atoms with Crippen molar-refractivity contribution in [3.05, 3.63) is 0 Å². The second-order valence-electron chi connectivity index (χ2n) is 4.27. The second kappa shape index (κ2) is 4.20. The molecule has 0 N–H and O–H groups in total. The van der Waals surface area contributed by atoms with E-state index < -0.39 is 6.43 Å². The van der Waals surface area contributed by atoms with Gasteiger partial charge in [0.05, 0.1) is 0 Å². The number of alkyl halides is 2. The van der Waals surface area contributed by atoms with Crippen LogP contribution in [0.3, 0.4) is 0 Å². The predicted molar refractivity (Wildman–Crippen MR) is 46.3 cm³/mol. The lowest BCUT2D eigenvalue weighted by Crippen LogP contribution is -2.24. The van der Waals surface area contributed by atoms with Crippen molar-refractivity contribution in [2.24, 2.45) is 17.8 Å². The Morgan fingerprint density at radius 3 is 2.17 bits per heavy atom. The first-order valence-electron chi connectivity index (χ1n) is 4.89. The summed E-state index contributed by atoms with van der Waals surface area (Å²) in [6.45, 7) is 4.27. The van der Waals surface area contributed by atoms with E-state index in [0.29, 0.717) is 11.8 Å². The van der Waals surface area contributed by atoms with E-state index in [1.807, 2.05) is 0 Å². The van der Waals surface area contributed by atoms with Crippen LogP contribution in [0.2, 0.25) is 0 Å². The molecule has 0 spiro atoms. The Morgan fingerprint density at radius 2 is 1.67 bits per heavy atom. The average molecular weight is 176 g/mol. The van der Waals surface area contributed by atoms with Gasteiger partial charge in [0, 0.05) is 5.92 Å². The smallest absolute Gasteiger partial charge is 0.210 e. The van der Waals surface area contributed by atoms with Crippen LogP contribution in [0.4, 0.5) is 8.78 Å². The highest BCUT2D eigenvalue weighted by atomic mass is 19.3. The van der Waals surface area contributed by atoms with Crippen molar-refractivity contribution in [1.82, 2.24) is 0 Å². The van der Waals surface area contributed by atoms with Gasteiger partial charge in [-0.3, -0.25) is 0 Å². The first-order chi connectivity index (χ1) is 5.61. The summed E-state index contributed by atoms with van der Waals surface area (Å²) < 4.78 is 24.7. The Morgan fingerprint density at radius 1 is 1.08 bits per heavy atom. The van der Waals surface area contributed by atoms with Gasteiger partial charge in [-0.1, -0.05) is 26.7 Å². The van der Waals surface area contributed by atoms with Crippen LogP contribution in [0.25, 0.3) is 0 Å². The Balaban J connectivity index is 2.40. The van der Waals surface area contributed by atoms with E-state index in [1.165, 1.54) is 0 Å². The third kappa shape index (κ3) is 2.43. The summed E-state index contributed by atoms with van der Waals surface area (Å²) in [5, 5.41) is 0. The molecule has 0 aromatic carbocycles. The minimum Gasteiger partial charge on any atom is -0.210 e. The molecule has 1 rings (SSSR count). The molecule has 72 valence electrons. The Hall–Kier alpha value is -0.140. The van der Waals surface area contributed by atoms with Crippen molar-refractivity contribution in [2.75, 3.05) is 0 Å². The summed E-state index contributed by atoms with van der Waals surface area (Å²) in [5.41, 5.74) is 0. The zero-order valence-corrected chi connectivity index (χ0v) is 7.89. The lowest BCUT2D eigenvalue weighted by atomic mass is 9.76. The van der Waals surface area contributed by atoms with E-state index in [1.54, 1.807) is 0 Å². The van der Waals surface area contributed by atoms with Crippen molar-refractivity contribution in [3.8, 4) is 0 Å². The van der Waals surface area contributed by atoms with Gasteiger partial charge in [0.2, 0.25) is 6.43 Å². The molecule has 1 aliphatic rings. The molecule has 2 unspecified atom stereocenters. The molecule has 1 aliphatic carbocycles. The molecule has 1 fully saturated rings. The maximum Gasteiger partial charge on any atom is 0.241 e. The van der Waals surface area contributed by atoms with Crippen molar-refractivity contribution in [2.45, 2.75) is 46.0 Å². The Labute approximate surface area is 73.3 Å². The second-order valence-corrected chi connectivity index (χ2v) is 4.27. The quantitative estimate of drug-likeness (QED) is 0.601. The molecule has 0 aromatic rings. The van der Waals surface area contributed by atoms with Gasteiger partial charge in [-0.05, 0) is 24.7 Å². The maximum atomic E-state index is 12.4. The van der Waals surface area contributed by atoms with Crippen LogP contribution in [0.1, 0.15) is 39.5 Å². The molecular formula is C10H18F2. The fourth-order valence-corrected chi connectivity index (χ4v) is 2.10. The van der Waals surface area contributed by atoms with Gasteiger partial charge < -0.3 is 0 Å². The lowest BCUT2D eigenvalue weighted by molar-refractivity contribution is 0.0348. The molecule has 0 nitrogen and oxygen atoms in total. The van der Waals surface area contributed by atoms with E-state index in [2.05, 4.69) is 13.8 Å². The monoisotopic (exact) mass is 176 g/mol.